The lowest BCUT2D eigenvalue weighted by Crippen LogP contribution is -2.09. The van der Waals surface area contributed by atoms with Crippen LogP contribution in [0.1, 0.15) is 30.0 Å². The molecule has 0 atom stereocenters. The predicted octanol–water partition coefficient (Wildman–Crippen LogP) is 12.1. The third-order valence-corrected chi connectivity index (χ3v) is 10.6. The monoisotopic (exact) mass is 834 g/mol. The molecule has 0 aliphatic rings. The van der Waals surface area contributed by atoms with Crippen molar-refractivity contribution in [3.8, 4) is 23.3 Å². The first-order valence-electron chi connectivity index (χ1n) is 16.8. The van der Waals surface area contributed by atoms with E-state index in [0.29, 0.717) is 43.8 Å². The Labute approximate surface area is 340 Å². The van der Waals surface area contributed by atoms with E-state index in [1.54, 1.807) is 74.5 Å². The van der Waals surface area contributed by atoms with Gasteiger partial charge < -0.3 is 16.0 Å². The number of carbonyl (C=O) groups is 1. The standard InChI is InChI=1S/C39H28Cl2N10O4S2/c1-3-33(52)44-27-11-7-8-23(18-27)34-30(21-43)38(56-39(34)51-48-26-9-5-4-6-10-26)50-49-35-22(2)29(20-42)36(47-37(35)45-25-14-12-24(40)13-15-25)46-28-16-17-31(41)32(19-28)57(53,54)55/h4-19H,3H2,1-2H3,(H,44,52)(H2,45,46,47)(H,53,54,55). The van der Waals surface area contributed by atoms with Gasteiger partial charge in [0.25, 0.3) is 10.1 Å². The van der Waals surface area contributed by atoms with Crippen LogP contribution >= 0.6 is 34.5 Å². The van der Waals surface area contributed by atoms with E-state index in [1.165, 1.54) is 12.1 Å². The minimum absolute atomic E-state index is 0.0174. The van der Waals surface area contributed by atoms with Crippen LogP contribution in [0.5, 0.6) is 0 Å². The third kappa shape index (κ3) is 9.47. The topological polar surface area (TPSA) is 217 Å². The highest BCUT2D eigenvalue weighted by Gasteiger charge is 2.23. The summed E-state index contributed by atoms with van der Waals surface area (Å²) in [6.45, 7) is 3.36. The number of hydrogen-bond donors (Lipinski definition) is 4. The number of nitrogens with zero attached hydrogens (tertiary/aromatic N) is 7. The summed E-state index contributed by atoms with van der Waals surface area (Å²) in [5.74, 6) is -0.0380. The van der Waals surface area contributed by atoms with E-state index in [-0.39, 0.29) is 56.5 Å². The number of aromatic nitrogens is 1. The van der Waals surface area contributed by atoms with Gasteiger partial charge in [0, 0.05) is 39.6 Å². The molecule has 0 radical (unpaired) electrons. The van der Waals surface area contributed by atoms with Gasteiger partial charge in [-0.2, -0.15) is 18.9 Å². The summed E-state index contributed by atoms with van der Waals surface area (Å²) in [6, 6.07) is 30.9. The Morgan fingerprint density at radius 1 is 0.807 bits per heavy atom. The van der Waals surface area contributed by atoms with Crippen LogP contribution in [0.3, 0.4) is 0 Å². The van der Waals surface area contributed by atoms with Crippen LogP contribution in [0, 0.1) is 29.6 Å². The minimum atomic E-state index is -4.68. The molecule has 0 aliphatic heterocycles. The van der Waals surface area contributed by atoms with Crippen molar-refractivity contribution in [3.05, 3.63) is 124 Å². The maximum Gasteiger partial charge on any atom is 0.296 e. The Kier molecular flexibility index (Phi) is 12.3. The summed E-state index contributed by atoms with van der Waals surface area (Å²) in [6.07, 6.45) is 0.275. The average Bonchev–Trinajstić information content (AvgIpc) is 3.55. The SMILES string of the molecule is CCC(=O)Nc1cccc(-c2c(N=Nc3ccccc3)sc(N=Nc3c(Nc4ccc(Cl)cc4)nc(Nc4ccc(Cl)c(S(=O)(=O)O)c4)c(C#N)c3C)c2C#N)c1. The number of nitriles is 2. The van der Waals surface area contributed by atoms with Crippen LogP contribution in [-0.4, -0.2) is 23.9 Å². The second kappa shape index (κ2) is 17.5. The summed E-state index contributed by atoms with van der Waals surface area (Å²) in [4.78, 5) is 16.3. The van der Waals surface area contributed by atoms with Gasteiger partial charge in [-0.15, -0.1) is 20.5 Å². The van der Waals surface area contributed by atoms with Gasteiger partial charge in [0.05, 0.1) is 16.3 Å². The van der Waals surface area contributed by atoms with E-state index in [1.807, 2.05) is 18.2 Å². The Bertz CT molecular complexity index is 2760. The highest BCUT2D eigenvalue weighted by Crippen LogP contribution is 2.49. The molecule has 57 heavy (non-hydrogen) atoms. The largest absolute Gasteiger partial charge is 0.339 e. The van der Waals surface area contributed by atoms with E-state index >= 15 is 0 Å². The maximum atomic E-state index is 12.2. The Morgan fingerprint density at radius 2 is 1.49 bits per heavy atom. The van der Waals surface area contributed by atoms with Crippen LogP contribution in [0.25, 0.3) is 11.1 Å². The summed E-state index contributed by atoms with van der Waals surface area (Å²) in [5.41, 5.74) is 3.42. The number of hydrogen-bond acceptors (Lipinski definition) is 13. The molecule has 0 fully saturated rings. The number of carbonyl (C=O) groups excluding carboxylic acids is 1. The molecule has 4 N–H and O–H groups in total. The molecule has 0 saturated carbocycles. The number of thiophene rings is 1. The van der Waals surface area contributed by atoms with Crippen molar-refractivity contribution >= 4 is 101 Å². The maximum absolute atomic E-state index is 12.2. The first-order valence-corrected chi connectivity index (χ1v) is 19.8. The lowest BCUT2D eigenvalue weighted by molar-refractivity contribution is -0.115. The Balaban J connectivity index is 1.50. The fourth-order valence-corrected chi connectivity index (χ4v) is 7.38. The van der Waals surface area contributed by atoms with E-state index < -0.39 is 15.0 Å². The van der Waals surface area contributed by atoms with Crippen molar-refractivity contribution < 1.29 is 17.8 Å². The second-order valence-electron chi connectivity index (χ2n) is 11.9. The lowest BCUT2D eigenvalue weighted by Gasteiger charge is -2.16. The zero-order valence-corrected chi connectivity index (χ0v) is 33.0. The second-order valence-corrected chi connectivity index (χ2v) is 15.1. The third-order valence-electron chi connectivity index (χ3n) is 8.10. The number of pyridine rings is 1. The quantitative estimate of drug-likeness (QED) is 0.0680. The van der Waals surface area contributed by atoms with Crippen LogP contribution in [0.15, 0.2) is 122 Å². The van der Waals surface area contributed by atoms with Gasteiger partial charge in [0.2, 0.25) is 5.91 Å². The van der Waals surface area contributed by atoms with Crippen molar-refractivity contribution in [2.45, 2.75) is 25.2 Å². The molecule has 6 aromatic rings. The number of rotatable bonds is 12. The molecule has 2 aromatic heterocycles. The average molecular weight is 836 g/mol. The van der Waals surface area contributed by atoms with Gasteiger partial charge in [-0.05, 0) is 79.2 Å². The fourth-order valence-electron chi connectivity index (χ4n) is 5.33. The van der Waals surface area contributed by atoms with Gasteiger partial charge >= 0.3 is 0 Å². The molecular formula is C39H28Cl2N10O4S2. The van der Waals surface area contributed by atoms with Crippen molar-refractivity contribution in [2.75, 3.05) is 16.0 Å². The Hall–Kier alpha value is -6.53. The summed E-state index contributed by atoms with van der Waals surface area (Å²) < 4.78 is 33.6. The van der Waals surface area contributed by atoms with Gasteiger partial charge in [-0.25, -0.2) is 4.98 Å². The molecule has 18 heteroatoms. The smallest absolute Gasteiger partial charge is 0.296 e. The first kappa shape index (κ1) is 40.1. The highest BCUT2D eigenvalue weighted by molar-refractivity contribution is 7.86. The molecule has 6 rings (SSSR count). The van der Waals surface area contributed by atoms with Crippen LogP contribution < -0.4 is 16.0 Å². The number of anilines is 5. The van der Waals surface area contributed by atoms with Crippen molar-refractivity contribution in [1.82, 2.24) is 4.98 Å². The fraction of sp³-hybridized carbons (Fsp3) is 0.0769. The van der Waals surface area contributed by atoms with E-state index in [0.717, 1.165) is 17.4 Å². The van der Waals surface area contributed by atoms with Crippen molar-refractivity contribution in [2.24, 2.45) is 20.5 Å². The summed E-state index contributed by atoms with van der Waals surface area (Å²) in [7, 11) is -4.68. The molecular weight excluding hydrogens is 808 g/mol. The van der Waals surface area contributed by atoms with Crippen LogP contribution in [0.4, 0.5) is 50.1 Å². The first-order chi connectivity index (χ1) is 27.4. The highest BCUT2D eigenvalue weighted by atomic mass is 35.5. The number of amides is 1. The molecule has 14 nitrogen and oxygen atoms in total. The molecule has 284 valence electrons. The van der Waals surface area contributed by atoms with Crippen molar-refractivity contribution in [1.29, 1.82) is 10.5 Å². The zero-order chi connectivity index (χ0) is 40.7. The predicted molar refractivity (Wildman–Crippen MR) is 221 cm³/mol. The zero-order valence-electron chi connectivity index (χ0n) is 29.8. The normalized spacial score (nSPS) is 11.4. The molecule has 4 aromatic carbocycles. The van der Waals surface area contributed by atoms with Gasteiger partial charge in [0.15, 0.2) is 16.6 Å². The summed E-state index contributed by atoms with van der Waals surface area (Å²) >= 11 is 13.2. The molecule has 1 amide bonds. The number of halogens is 2. The molecule has 0 unspecified atom stereocenters. The Morgan fingerprint density at radius 3 is 2.18 bits per heavy atom. The number of benzene rings is 4. The van der Waals surface area contributed by atoms with Crippen molar-refractivity contribution in [3.63, 3.8) is 0 Å². The van der Waals surface area contributed by atoms with Gasteiger partial charge in [0.1, 0.15) is 33.3 Å². The van der Waals surface area contributed by atoms with E-state index in [9.17, 15) is 28.3 Å². The number of azo groups is 2. The number of nitrogens with one attached hydrogen (secondary N) is 3. The van der Waals surface area contributed by atoms with Crippen LogP contribution in [-0.2, 0) is 14.9 Å². The molecule has 2 heterocycles. The molecule has 0 saturated heterocycles. The van der Waals surface area contributed by atoms with Gasteiger partial charge in [-0.3, -0.25) is 9.35 Å². The van der Waals surface area contributed by atoms with Gasteiger partial charge in [-0.1, -0.05) is 71.8 Å². The van der Waals surface area contributed by atoms with Crippen LogP contribution in [0.2, 0.25) is 10.0 Å². The molecule has 0 aliphatic carbocycles. The molecule has 0 bridgehead atoms. The lowest BCUT2D eigenvalue weighted by atomic mass is 10.0. The molecule has 0 spiro atoms. The summed E-state index contributed by atoms with van der Waals surface area (Å²) in [5, 5.41) is 48.6. The van der Waals surface area contributed by atoms with E-state index in [2.05, 4.69) is 53.5 Å². The minimum Gasteiger partial charge on any atom is -0.339 e. The van der Waals surface area contributed by atoms with E-state index in [4.69, 9.17) is 23.2 Å².